The number of hydrogen-bond donors (Lipinski definition) is 2. The SMILES string of the molecule is CCC(C)(C)C(=O)O[C@H]1C[C@H](CNCc2ccccc2)C=C2C=C[C@H](C)[C@H](CC[C@@H]3C[C@@H](O)CC(=O)O3)[C@H]21. The van der Waals surface area contributed by atoms with Crippen molar-refractivity contribution in [2.24, 2.45) is 29.1 Å². The molecule has 2 N–H and O–H groups in total. The van der Waals surface area contributed by atoms with Crippen LogP contribution in [0.2, 0.25) is 0 Å². The molecule has 4 rings (SSSR count). The van der Waals surface area contributed by atoms with Crippen molar-refractivity contribution in [3.8, 4) is 0 Å². The van der Waals surface area contributed by atoms with Gasteiger partial charge in [0.1, 0.15) is 12.2 Å². The smallest absolute Gasteiger partial charge is 0.311 e. The lowest BCUT2D eigenvalue weighted by molar-refractivity contribution is -0.166. The second kappa shape index (κ2) is 12.6. The molecule has 0 radical (unpaired) electrons. The van der Waals surface area contributed by atoms with Crippen LogP contribution in [-0.2, 0) is 25.6 Å². The summed E-state index contributed by atoms with van der Waals surface area (Å²) in [4.78, 5) is 25.1. The van der Waals surface area contributed by atoms with Gasteiger partial charge in [-0.05, 0) is 68.4 Å². The lowest BCUT2D eigenvalue weighted by atomic mass is 9.65. The number of esters is 2. The number of aliphatic hydroxyl groups is 1. The lowest BCUT2D eigenvalue weighted by Crippen LogP contribution is -2.44. The predicted octanol–water partition coefficient (Wildman–Crippen LogP) is 5.36. The van der Waals surface area contributed by atoms with Gasteiger partial charge < -0.3 is 19.9 Å². The molecule has 0 aromatic heterocycles. The Kier molecular flexibility index (Phi) is 9.48. The first-order chi connectivity index (χ1) is 18.2. The Hall–Kier alpha value is -2.44. The van der Waals surface area contributed by atoms with Crippen molar-refractivity contribution in [3.63, 3.8) is 0 Å². The lowest BCUT2D eigenvalue weighted by Gasteiger charge is -2.44. The van der Waals surface area contributed by atoms with E-state index in [-0.39, 0.29) is 48.3 Å². The van der Waals surface area contributed by atoms with Crippen LogP contribution in [0.3, 0.4) is 0 Å². The average molecular weight is 524 g/mol. The van der Waals surface area contributed by atoms with Crippen molar-refractivity contribution in [3.05, 3.63) is 59.7 Å². The number of carbonyl (C=O) groups excluding carboxylic acids is 2. The molecular formula is C32H45NO5. The van der Waals surface area contributed by atoms with Crippen LogP contribution in [0.1, 0.15) is 71.8 Å². The fraction of sp³-hybridized carbons (Fsp3) is 0.625. The molecule has 1 aromatic carbocycles. The molecule has 0 spiro atoms. The maximum absolute atomic E-state index is 13.2. The third-order valence-electron chi connectivity index (χ3n) is 8.81. The van der Waals surface area contributed by atoms with Crippen molar-refractivity contribution >= 4 is 11.9 Å². The predicted molar refractivity (Wildman–Crippen MR) is 148 cm³/mol. The van der Waals surface area contributed by atoms with E-state index in [1.165, 1.54) is 11.1 Å². The summed E-state index contributed by atoms with van der Waals surface area (Å²) in [6.07, 6.45) is 9.44. The van der Waals surface area contributed by atoms with Gasteiger partial charge in [-0.25, -0.2) is 0 Å². The van der Waals surface area contributed by atoms with Gasteiger partial charge in [-0.3, -0.25) is 9.59 Å². The van der Waals surface area contributed by atoms with Gasteiger partial charge in [0.2, 0.25) is 0 Å². The Bertz CT molecular complexity index is 1020. The van der Waals surface area contributed by atoms with E-state index in [0.29, 0.717) is 18.8 Å². The molecule has 38 heavy (non-hydrogen) atoms. The quantitative estimate of drug-likeness (QED) is 0.402. The molecule has 6 nitrogen and oxygen atoms in total. The second-order valence-electron chi connectivity index (χ2n) is 12.2. The van der Waals surface area contributed by atoms with E-state index in [4.69, 9.17) is 9.47 Å². The van der Waals surface area contributed by atoms with Gasteiger partial charge in [0, 0.05) is 25.4 Å². The highest BCUT2D eigenvalue weighted by atomic mass is 16.6. The highest BCUT2D eigenvalue weighted by Crippen LogP contribution is 2.45. The van der Waals surface area contributed by atoms with Crippen LogP contribution in [-0.4, -0.2) is 41.9 Å². The standard InChI is InChI=1S/C32H45NO5/c1-5-32(3,4)31(36)38-28-16-23(20-33-19-22-9-7-6-8-10-22)15-24-12-11-21(2)27(30(24)28)14-13-26-17-25(34)18-29(35)37-26/h6-12,15,21,23,25-28,30,33-34H,5,13-14,16-20H2,1-4H3/t21-,23+,25+,26+,27-,28-,30-/m0/s1. The van der Waals surface area contributed by atoms with Crippen LogP contribution < -0.4 is 5.32 Å². The fourth-order valence-corrected chi connectivity index (χ4v) is 6.09. The van der Waals surface area contributed by atoms with Crippen LogP contribution in [0.5, 0.6) is 0 Å². The van der Waals surface area contributed by atoms with Crippen LogP contribution >= 0.6 is 0 Å². The maximum Gasteiger partial charge on any atom is 0.311 e. The number of nitrogens with one attached hydrogen (secondary N) is 1. The number of allylic oxidation sites excluding steroid dienone is 2. The zero-order valence-electron chi connectivity index (χ0n) is 23.4. The molecule has 6 heteroatoms. The van der Waals surface area contributed by atoms with Gasteiger partial charge in [-0.1, -0.05) is 62.4 Å². The van der Waals surface area contributed by atoms with Crippen LogP contribution in [0.4, 0.5) is 0 Å². The Labute approximate surface area is 227 Å². The highest BCUT2D eigenvalue weighted by molar-refractivity contribution is 5.76. The number of benzene rings is 1. The van der Waals surface area contributed by atoms with Crippen molar-refractivity contribution < 1.29 is 24.2 Å². The molecule has 1 saturated heterocycles. The molecule has 1 aliphatic heterocycles. The topological polar surface area (TPSA) is 84.9 Å². The molecule has 0 saturated carbocycles. The number of cyclic esters (lactones) is 1. The van der Waals surface area contributed by atoms with Gasteiger partial charge in [-0.2, -0.15) is 0 Å². The maximum atomic E-state index is 13.2. The average Bonchev–Trinajstić information content (AvgIpc) is 2.88. The Morgan fingerprint density at radius 2 is 1.95 bits per heavy atom. The molecule has 1 fully saturated rings. The largest absolute Gasteiger partial charge is 0.462 e. The molecule has 3 aliphatic rings. The van der Waals surface area contributed by atoms with Gasteiger partial charge in [0.25, 0.3) is 0 Å². The monoisotopic (exact) mass is 523 g/mol. The number of rotatable bonds is 10. The van der Waals surface area contributed by atoms with Crippen LogP contribution in [0, 0.1) is 29.1 Å². The number of fused-ring (bicyclic) bond motifs is 1. The van der Waals surface area contributed by atoms with Crippen molar-refractivity contribution in [2.45, 2.75) is 91.1 Å². The summed E-state index contributed by atoms with van der Waals surface area (Å²) < 4.78 is 11.9. The Morgan fingerprint density at radius 3 is 2.66 bits per heavy atom. The first kappa shape index (κ1) is 28.6. The minimum absolute atomic E-state index is 0.0829. The van der Waals surface area contributed by atoms with Crippen molar-refractivity contribution in [1.29, 1.82) is 0 Å². The number of aliphatic hydroxyl groups excluding tert-OH is 1. The van der Waals surface area contributed by atoms with Crippen LogP contribution in [0.15, 0.2) is 54.1 Å². The Morgan fingerprint density at radius 1 is 1.18 bits per heavy atom. The van der Waals surface area contributed by atoms with E-state index in [1.807, 2.05) is 26.8 Å². The number of hydrogen-bond acceptors (Lipinski definition) is 6. The minimum Gasteiger partial charge on any atom is -0.462 e. The van der Waals surface area contributed by atoms with E-state index >= 15 is 0 Å². The van der Waals surface area contributed by atoms with Crippen molar-refractivity contribution in [2.75, 3.05) is 6.54 Å². The molecule has 1 aromatic rings. The van der Waals surface area contributed by atoms with Gasteiger partial charge in [0.05, 0.1) is 17.9 Å². The van der Waals surface area contributed by atoms with E-state index in [1.54, 1.807) is 0 Å². The summed E-state index contributed by atoms with van der Waals surface area (Å²) in [6.45, 7) is 9.79. The zero-order chi connectivity index (χ0) is 27.3. The normalized spacial score (nSPS) is 31.2. The second-order valence-corrected chi connectivity index (χ2v) is 12.2. The highest BCUT2D eigenvalue weighted by Gasteiger charge is 2.43. The van der Waals surface area contributed by atoms with E-state index in [9.17, 15) is 14.7 Å². The van der Waals surface area contributed by atoms with Crippen LogP contribution in [0.25, 0.3) is 0 Å². The number of ether oxygens (including phenoxy) is 2. The molecule has 7 atom stereocenters. The summed E-state index contributed by atoms with van der Waals surface area (Å²) in [5, 5.41) is 13.7. The fourth-order valence-electron chi connectivity index (χ4n) is 6.09. The third-order valence-corrected chi connectivity index (χ3v) is 8.81. The summed E-state index contributed by atoms with van der Waals surface area (Å²) in [5.41, 5.74) is 1.97. The molecule has 0 bridgehead atoms. The summed E-state index contributed by atoms with van der Waals surface area (Å²) >= 11 is 0. The molecule has 0 unspecified atom stereocenters. The summed E-state index contributed by atoms with van der Waals surface area (Å²) in [7, 11) is 0. The van der Waals surface area contributed by atoms with Gasteiger partial charge >= 0.3 is 11.9 Å². The first-order valence-electron chi connectivity index (χ1n) is 14.4. The van der Waals surface area contributed by atoms with E-state index < -0.39 is 11.5 Å². The molecule has 0 amide bonds. The van der Waals surface area contributed by atoms with E-state index in [0.717, 1.165) is 32.4 Å². The first-order valence-corrected chi connectivity index (χ1v) is 14.4. The zero-order valence-corrected chi connectivity index (χ0v) is 23.4. The Balaban J connectivity index is 1.50. The summed E-state index contributed by atoms with van der Waals surface area (Å²) in [5.74, 6) is 0.511. The van der Waals surface area contributed by atoms with Crippen molar-refractivity contribution in [1.82, 2.24) is 5.32 Å². The van der Waals surface area contributed by atoms with E-state index in [2.05, 4.69) is 54.7 Å². The van der Waals surface area contributed by atoms with Gasteiger partial charge in [-0.15, -0.1) is 0 Å². The number of carbonyl (C=O) groups is 2. The molecular weight excluding hydrogens is 478 g/mol. The molecule has 2 aliphatic carbocycles. The minimum atomic E-state index is -0.621. The molecule has 208 valence electrons. The summed E-state index contributed by atoms with van der Waals surface area (Å²) in [6, 6.07) is 10.4. The molecule has 1 heterocycles. The van der Waals surface area contributed by atoms with Gasteiger partial charge in [0.15, 0.2) is 0 Å². The third kappa shape index (κ3) is 7.15.